The van der Waals surface area contributed by atoms with Gasteiger partial charge in [-0.15, -0.1) is 0 Å². The van der Waals surface area contributed by atoms with E-state index in [2.05, 4.69) is 35.9 Å². The van der Waals surface area contributed by atoms with Crippen molar-refractivity contribution in [3.05, 3.63) is 48.6 Å². The lowest BCUT2D eigenvalue weighted by Gasteiger charge is -2.20. The summed E-state index contributed by atoms with van der Waals surface area (Å²) in [5.41, 5.74) is 0. The van der Waals surface area contributed by atoms with Crippen LogP contribution in [0.1, 0.15) is 136 Å². The highest BCUT2D eigenvalue weighted by Gasteiger charge is 2.28. The predicted molar refractivity (Wildman–Crippen MR) is 213 cm³/mol. The van der Waals surface area contributed by atoms with Crippen molar-refractivity contribution in [2.75, 3.05) is 26.4 Å². The first-order chi connectivity index (χ1) is 26.1. The second-order valence-electron chi connectivity index (χ2n) is 13.9. The van der Waals surface area contributed by atoms with Gasteiger partial charge in [-0.25, -0.2) is 9.13 Å². The molecule has 0 amide bonds. The third-order valence-electron chi connectivity index (χ3n) is 7.97. The summed E-state index contributed by atoms with van der Waals surface area (Å²) in [4.78, 5) is 52.4. The Morgan fingerprint density at radius 3 is 1.96 bits per heavy atom. The van der Waals surface area contributed by atoms with Gasteiger partial charge in [0.1, 0.15) is 12.7 Å². The number of aliphatic hydroxyl groups excluding tert-OH is 2. The highest BCUT2D eigenvalue weighted by Crippen LogP contribution is 2.43. The maximum absolute atomic E-state index is 12.6. The molecule has 0 saturated heterocycles. The standard InChI is InChI=1S/C39H70O14P2/c1-4-5-6-7-10-16-21-26-35(40)27-22-17-12-9-14-19-24-29-39(43)53-37(33-52-55(47,48)51-31-36(41)30-50-54(44,45)46)32-49-38(42)28-23-18-13-8-11-15-20-25-34(2)3/h9-10,14,16-17,21-22,26,34-37,40-41H,4-8,11-13,15,18-20,23-25,27-33H2,1-3H3,(H,47,48)(H2,44,45,46)/b14-9+,16-10-,22-17-,26-21-/t35-,36-,37+/m0/s1. The summed E-state index contributed by atoms with van der Waals surface area (Å²) in [6.45, 7) is 3.78. The highest BCUT2D eigenvalue weighted by molar-refractivity contribution is 7.47. The van der Waals surface area contributed by atoms with Gasteiger partial charge in [-0.2, -0.15) is 0 Å². The molecule has 55 heavy (non-hydrogen) atoms. The second kappa shape index (κ2) is 34.1. The van der Waals surface area contributed by atoms with Crippen molar-refractivity contribution in [2.45, 2.75) is 155 Å². The largest absolute Gasteiger partial charge is 0.472 e. The minimum absolute atomic E-state index is 0.0206. The first-order valence-electron chi connectivity index (χ1n) is 19.8. The molecule has 4 atom stereocenters. The number of hydrogen-bond acceptors (Lipinski definition) is 11. The number of aliphatic hydroxyl groups is 2. The number of allylic oxidation sites excluding steroid dienone is 6. The molecular weight excluding hydrogens is 754 g/mol. The van der Waals surface area contributed by atoms with Crippen LogP contribution in [0.3, 0.4) is 0 Å². The Bertz CT molecular complexity index is 1200. The Hall–Kier alpha value is -1.96. The number of rotatable bonds is 36. The maximum atomic E-state index is 12.6. The fourth-order valence-electron chi connectivity index (χ4n) is 4.90. The molecule has 0 aliphatic heterocycles. The molecule has 1 unspecified atom stereocenters. The van der Waals surface area contributed by atoms with Crippen LogP contribution >= 0.6 is 15.6 Å². The van der Waals surface area contributed by atoms with Crippen LogP contribution in [-0.2, 0) is 41.8 Å². The molecule has 0 spiro atoms. The first kappa shape index (κ1) is 53.0. The molecule has 0 aromatic rings. The van der Waals surface area contributed by atoms with E-state index in [9.17, 15) is 33.8 Å². The Morgan fingerprint density at radius 2 is 1.27 bits per heavy atom. The van der Waals surface area contributed by atoms with Crippen molar-refractivity contribution in [2.24, 2.45) is 5.92 Å². The molecule has 0 aromatic heterocycles. The molecule has 0 saturated carbocycles. The Balaban J connectivity index is 4.73. The Kier molecular flexibility index (Phi) is 32.9. The summed E-state index contributed by atoms with van der Waals surface area (Å²) in [5, 5.41) is 19.8. The van der Waals surface area contributed by atoms with Gasteiger partial charge in [0.15, 0.2) is 6.10 Å². The SMILES string of the molecule is CCCCC/C=C\C=C/[C@H](O)C/C=C\C/C=C/CCCC(=O)O[C@H](COC(=O)CCCCCCCCCC(C)C)COP(=O)(O)OC[C@@H](O)COP(=O)(O)O. The van der Waals surface area contributed by atoms with E-state index >= 15 is 0 Å². The molecule has 0 aliphatic carbocycles. The lowest BCUT2D eigenvalue weighted by Crippen LogP contribution is -2.29. The van der Waals surface area contributed by atoms with Gasteiger partial charge in [-0.1, -0.05) is 127 Å². The summed E-state index contributed by atoms with van der Waals surface area (Å²) in [7, 11) is -9.70. The number of unbranched alkanes of at least 4 members (excludes halogenated alkanes) is 10. The molecule has 0 radical (unpaired) electrons. The Labute approximate surface area is 329 Å². The fraction of sp³-hybridized carbons (Fsp3) is 0.744. The summed E-state index contributed by atoms with van der Waals surface area (Å²) in [6, 6.07) is 0. The summed E-state index contributed by atoms with van der Waals surface area (Å²) < 4.78 is 47.5. The monoisotopic (exact) mass is 824 g/mol. The van der Waals surface area contributed by atoms with Gasteiger partial charge in [-0.3, -0.25) is 23.2 Å². The van der Waals surface area contributed by atoms with E-state index in [0.29, 0.717) is 38.0 Å². The smallest absolute Gasteiger partial charge is 0.462 e. The van der Waals surface area contributed by atoms with E-state index in [1.54, 1.807) is 6.08 Å². The second-order valence-corrected chi connectivity index (χ2v) is 16.6. The van der Waals surface area contributed by atoms with Crippen LogP contribution in [0.4, 0.5) is 0 Å². The fourth-order valence-corrected chi connectivity index (χ4v) is 6.05. The van der Waals surface area contributed by atoms with Gasteiger partial charge >= 0.3 is 27.6 Å². The van der Waals surface area contributed by atoms with Crippen LogP contribution in [0.5, 0.6) is 0 Å². The molecule has 0 rings (SSSR count). The van der Waals surface area contributed by atoms with Crippen LogP contribution < -0.4 is 0 Å². The van der Waals surface area contributed by atoms with Gasteiger partial charge in [0.25, 0.3) is 0 Å². The third kappa shape index (κ3) is 38.7. The number of carbonyl (C=O) groups is 2. The van der Waals surface area contributed by atoms with Crippen molar-refractivity contribution < 1.29 is 66.7 Å². The van der Waals surface area contributed by atoms with Gasteiger partial charge in [0.05, 0.1) is 25.9 Å². The van der Waals surface area contributed by atoms with Crippen molar-refractivity contribution in [1.82, 2.24) is 0 Å². The third-order valence-corrected chi connectivity index (χ3v) is 9.41. The van der Waals surface area contributed by atoms with E-state index in [1.165, 1.54) is 38.5 Å². The van der Waals surface area contributed by atoms with Crippen molar-refractivity contribution >= 4 is 27.6 Å². The van der Waals surface area contributed by atoms with Crippen LogP contribution in [0.15, 0.2) is 48.6 Å². The molecule has 0 bridgehead atoms. The van der Waals surface area contributed by atoms with E-state index in [-0.39, 0.29) is 12.8 Å². The average molecular weight is 825 g/mol. The number of esters is 2. The van der Waals surface area contributed by atoms with Crippen LogP contribution in [0, 0.1) is 5.92 Å². The molecule has 0 fully saturated rings. The number of hydrogen-bond donors (Lipinski definition) is 5. The predicted octanol–water partition coefficient (Wildman–Crippen LogP) is 8.33. The summed E-state index contributed by atoms with van der Waals surface area (Å²) >= 11 is 0. The maximum Gasteiger partial charge on any atom is 0.472 e. The zero-order valence-corrected chi connectivity index (χ0v) is 35.1. The number of phosphoric acid groups is 2. The van der Waals surface area contributed by atoms with Crippen LogP contribution in [0.2, 0.25) is 0 Å². The average Bonchev–Trinajstić information content (AvgIpc) is 3.12. The number of phosphoric ester groups is 2. The van der Waals surface area contributed by atoms with E-state index in [4.69, 9.17) is 23.8 Å². The highest BCUT2D eigenvalue weighted by atomic mass is 31.2. The van der Waals surface area contributed by atoms with Crippen LogP contribution in [0.25, 0.3) is 0 Å². The van der Waals surface area contributed by atoms with Crippen molar-refractivity contribution in [1.29, 1.82) is 0 Å². The van der Waals surface area contributed by atoms with Crippen molar-refractivity contribution in [3.8, 4) is 0 Å². The molecule has 320 valence electrons. The lowest BCUT2D eigenvalue weighted by atomic mass is 10.0. The quantitative estimate of drug-likeness (QED) is 0.0132. The lowest BCUT2D eigenvalue weighted by molar-refractivity contribution is -0.161. The molecule has 0 aliphatic rings. The Morgan fingerprint density at radius 1 is 0.655 bits per heavy atom. The zero-order valence-electron chi connectivity index (χ0n) is 33.3. The van der Waals surface area contributed by atoms with Gasteiger partial charge in [0, 0.05) is 12.8 Å². The molecule has 16 heteroatoms. The zero-order chi connectivity index (χ0) is 41.2. The van der Waals surface area contributed by atoms with E-state index < -0.39 is 72.3 Å². The van der Waals surface area contributed by atoms with E-state index in [1.807, 2.05) is 36.5 Å². The van der Waals surface area contributed by atoms with Crippen molar-refractivity contribution in [3.63, 3.8) is 0 Å². The number of ether oxygens (including phenoxy) is 2. The van der Waals surface area contributed by atoms with Gasteiger partial charge in [0.2, 0.25) is 0 Å². The summed E-state index contributed by atoms with van der Waals surface area (Å²) in [5.74, 6) is -0.431. The summed E-state index contributed by atoms with van der Waals surface area (Å²) in [6.07, 6.45) is 27.5. The van der Waals surface area contributed by atoms with Gasteiger partial charge in [-0.05, 0) is 50.9 Å². The van der Waals surface area contributed by atoms with E-state index in [0.717, 1.165) is 32.1 Å². The first-order valence-corrected chi connectivity index (χ1v) is 22.8. The molecular formula is C39H70O14P2. The molecule has 0 heterocycles. The number of carbonyl (C=O) groups excluding carboxylic acids is 2. The molecule has 5 N–H and O–H groups in total. The van der Waals surface area contributed by atoms with Gasteiger partial charge < -0.3 is 34.4 Å². The minimum Gasteiger partial charge on any atom is -0.462 e. The normalized spacial score (nSPS) is 15.4. The molecule has 0 aromatic carbocycles. The molecule has 14 nitrogen and oxygen atoms in total. The topological polar surface area (TPSA) is 216 Å². The minimum atomic E-state index is -4.87. The van der Waals surface area contributed by atoms with Crippen LogP contribution in [-0.4, -0.2) is 81.6 Å².